The Labute approximate surface area is 81.6 Å². The fourth-order valence-electron chi connectivity index (χ4n) is 1.12. The van der Waals surface area contributed by atoms with Gasteiger partial charge in [-0.1, -0.05) is 35.3 Å². The number of hydrogen-bond donors (Lipinski definition) is 1. The van der Waals surface area contributed by atoms with Crippen LogP contribution >= 0.6 is 15.9 Å². The molecule has 0 fully saturated rings. The zero-order valence-corrected chi connectivity index (χ0v) is 8.76. The highest BCUT2D eigenvalue weighted by molar-refractivity contribution is 9.10. The molecule has 0 unspecified atom stereocenters. The molecule has 1 aromatic rings. The number of aryl methyl sites for hydroxylation is 1. The normalized spacial score (nSPS) is 10.2. The van der Waals surface area contributed by atoms with Crippen molar-refractivity contribution < 1.29 is 5.11 Å². The van der Waals surface area contributed by atoms with Crippen molar-refractivity contribution >= 4 is 15.9 Å². The van der Waals surface area contributed by atoms with Crippen molar-refractivity contribution in [3.63, 3.8) is 0 Å². The molecule has 66 valence electrons. The van der Waals surface area contributed by atoms with Crippen LogP contribution < -0.4 is 0 Å². The predicted octanol–water partition coefficient (Wildman–Crippen LogP) is 3.50. The molecule has 0 radical (unpaired) electrons. The first-order chi connectivity index (χ1) is 5.74. The topological polar surface area (TPSA) is 20.2 Å². The molecule has 0 spiro atoms. The first-order valence-electron chi connectivity index (χ1n) is 4.21. The second-order valence-electron chi connectivity index (χ2n) is 2.88. The number of aromatic hydroxyl groups is 1. The molecule has 0 aliphatic rings. The maximum atomic E-state index is 9.49. The lowest BCUT2D eigenvalue weighted by molar-refractivity contribution is 0.466. The Bertz CT molecular complexity index is 258. The van der Waals surface area contributed by atoms with Crippen molar-refractivity contribution in [2.24, 2.45) is 0 Å². The van der Waals surface area contributed by atoms with E-state index in [1.165, 1.54) is 0 Å². The average molecular weight is 229 g/mol. The molecule has 0 heterocycles. The molecular formula is C10H13BrO. The Morgan fingerprint density at radius 2 is 2.17 bits per heavy atom. The average Bonchev–Trinajstić information content (AvgIpc) is 2.03. The molecule has 0 aromatic heterocycles. The fourth-order valence-corrected chi connectivity index (χ4v) is 1.46. The number of hydrogen-bond acceptors (Lipinski definition) is 1. The summed E-state index contributed by atoms with van der Waals surface area (Å²) in [4.78, 5) is 0. The lowest BCUT2D eigenvalue weighted by Crippen LogP contribution is -1.84. The van der Waals surface area contributed by atoms with Crippen LogP contribution in [0.3, 0.4) is 0 Å². The van der Waals surface area contributed by atoms with E-state index in [0.717, 1.165) is 29.3 Å². The molecule has 0 saturated carbocycles. The Morgan fingerprint density at radius 1 is 1.42 bits per heavy atom. The first-order valence-corrected chi connectivity index (χ1v) is 5.00. The summed E-state index contributed by atoms with van der Waals surface area (Å²) >= 11 is 3.30. The summed E-state index contributed by atoms with van der Waals surface area (Å²) in [7, 11) is 0. The van der Waals surface area contributed by atoms with E-state index in [1.54, 1.807) is 6.07 Å². The lowest BCUT2D eigenvalue weighted by atomic mass is 10.1. The quantitative estimate of drug-likeness (QED) is 0.840. The molecule has 1 rings (SSSR count). The van der Waals surface area contributed by atoms with Crippen molar-refractivity contribution in [2.45, 2.75) is 26.2 Å². The zero-order valence-electron chi connectivity index (χ0n) is 7.18. The zero-order chi connectivity index (χ0) is 8.97. The van der Waals surface area contributed by atoms with Crippen molar-refractivity contribution in [2.75, 3.05) is 0 Å². The van der Waals surface area contributed by atoms with Gasteiger partial charge in [0.05, 0.1) is 0 Å². The third-order valence-electron chi connectivity index (χ3n) is 1.85. The van der Waals surface area contributed by atoms with Crippen molar-refractivity contribution in [1.82, 2.24) is 0 Å². The van der Waals surface area contributed by atoms with E-state index in [0.29, 0.717) is 5.75 Å². The SMILES string of the molecule is CCCCc1ccc(Br)cc1O. The van der Waals surface area contributed by atoms with Crippen LogP contribution in [0.1, 0.15) is 25.3 Å². The van der Waals surface area contributed by atoms with Gasteiger partial charge in [-0.25, -0.2) is 0 Å². The molecule has 0 aliphatic heterocycles. The van der Waals surface area contributed by atoms with Gasteiger partial charge in [0.25, 0.3) is 0 Å². The smallest absolute Gasteiger partial charge is 0.119 e. The van der Waals surface area contributed by atoms with Crippen LogP contribution in [0.5, 0.6) is 5.75 Å². The van der Waals surface area contributed by atoms with Crippen molar-refractivity contribution in [3.05, 3.63) is 28.2 Å². The van der Waals surface area contributed by atoms with Gasteiger partial charge < -0.3 is 5.11 Å². The lowest BCUT2D eigenvalue weighted by Gasteiger charge is -2.03. The van der Waals surface area contributed by atoms with Crippen molar-refractivity contribution in [1.29, 1.82) is 0 Å². The summed E-state index contributed by atoms with van der Waals surface area (Å²) in [6.45, 7) is 2.15. The Morgan fingerprint density at radius 3 is 2.75 bits per heavy atom. The number of halogens is 1. The second kappa shape index (κ2) is 4.51. The van der Waals surface area contributed by atoms with Crippen LogP contribution in [-0.2, 0) is 6.42 Å². The van der Waals surface area contributed by atoms with Crippen LogP contribution in [0.25, 0.3) is 0 Å². The van der Waals surface area contributed by atoms with Crippen LogP contribution in [0.15, 0.2) is 22.7 Å². The highest BCUT2D eigenvalue weighted by Crippen LogP contribution is 2.23. The van der Waals surface area contributed by atoms with E-state index < -0.39 is 0 Å². The van der Waals surface area contributed by atoms with Gasteiger partial charge in [0.2, 0.25) is 0 Å². The largest absolute Gasteiger partial charge is 0.508 e. The number of benzene rings is 1. The standard InChI is InChI=1S/C10H13BrO/c1-2-3-4-8-5-6-9(11)7-10(8)12/h5-7,12H,2-4H2,1H3. The van der Waals surface area contributed by atoms with E-state index in [4.69, 9.17) is 0 Å². The number of phenolic OH excluding ortho intramolecular Hbond substituents is 1. The van der Waals surface area contributed by atoms with E-state index >= 15 is 0 Å². The number of phenols is 1. The fraction of sp³-hybridized carbons (Fsp3) is 0.400. The molecule has 12 heavy (non-hydrogen) atoms. The van der Waals surface area contributed by atoms with Crippen LogP contribution in [0, 0.1) is 0 Å². The monoisotopic (exact) mass is 228 g/mol. The predicted molar refractivity (Wildman–Crippen MR) is 54.4 cm³/mol. The highest BCUT2D eigenvalue weighted by Gasteiger charge is 1.99. The van der Waals surface area contributed by atoms with Crippen LogP contribution in [0.4, 0.5) is 0 Å². The third-order valence-corrected chi connectivity index (χ3v) is 2.34. The molecule has 0 saturated heterocycles. The van der Waals surface area contributed by atoms with Gasteiger partial charge in [0.15, 0.2) is 0 Å². The van der Waals surface area contributed by atoms with Gasteiger partial charge in [-0.2, -0.15) is 0 Å². The first kappa shape index (κ1) is 9.59. The van der Waals surface area contributed by atoms with Crippen molar-refractivity contribution in [3.8, 4) is 5.75 Å². The van der Waals surface area contributed by atoms with Gasteiger partial charge in [-0.05, 0) is 30.5 Å². The van der Waals surface area contributed by atoms with Gasteiger partial charge in [0.1, 0.15) is 5.75 Å². The molecule has 1 nitrogen and oxygen atoms in total. The number of unbranched alkanes of at least 4 members (excludes halogenated alkanes) is 1. The Balaban J connectivity index is 2.72. The molecule has 0 aliphatic carbocycles. The number of rotatable bonds is 3. The Hall–Kier alpha value is -0.500. The van der Waals surface area contributed by atoms with Crippen LogP contribution in [-0.4, -0.2) is 5.11 Å². The summed E-state index contributed by atoms with van der Waals surface area (Å²) in [5.41, 5.74) is 1.04. The van der Waals surface area contributed by atoms with E-state index in [1.807, 2.05) is 12.1 Å². The summed E-state index contributed by atoms with van der Waals surface area (Å²) in [5, 5.41) is 9.49. The van der Waals surface area contributed by atoms with Gasteiger partial charge in [-0.15, -0.1) is 0 Å². The molecule has 1 N–H and O–H groups in total. The maximum absolute atomic E-state index is 9.49. The summed E-state index contributed by atoms with van der Waals surface area (Å²) in [5.74, 6) is 0.401. The van der Waals surface area contributed by atoms with E-state index in [-0.39, 0.29) is 0 Å². The minimum absolute atomic E-state index is 0.401. The highest BCUT2D eigenvalue weighted by atomic mass is 79.9. The minimum Gasteiger partial charge on any atom is -0.508 e. The summed E-state index contributed by atoms with van der Waals surface area (Å²) < 4.78 is 0.931. The summed E-state index contributed by atoms with van der Waals surface area (Å²) in [6, 6.07) is 5.67. The molecule has 1 aromatic carbocycles. The van der Waals surface area contributed by atoms with E-state index in [2.05, 4.69) is 22.9 Å². The molecule has 0 amide bonds. The second-order valence-corrected chi connectivity index (χ2v) is 3.79. The molecule has 0 atom stereocenters. The maximum Gasteiger partial charge on any atom is 0.119 e. The van der Waals surface area contributed by atoms with Gasteiger partial charge >= 0.3 is 0 Å². The molecule has 2 heteroatoms. The minimum atomic E-state index is 0.401. The van der Waals surface area contributed by atoms with Crippen LogP contribution in [0.2, 0.25) is 0 Å². The third kappa shape index (κ3) is 2.52. The molecular weight excluding hydrogens is 216 g/mol. The van der Waals surface area contributed by atoms with E-state index in [9.17, 15) is 5.11 Å². The summed E-state index contributed by atoms with van der Waals surface area (Å²) in [6.07, 6.45) is 3.26. The van der Waals surface area contributed by atoms with Gasteiger partial charge in [-0.3, -0.25) is 0 Å². The van der Waals surface area contributed by atoms with Gasteiger partial charge in [0, 0.05) is 4.47 Å². The molecule has 0 bridgehead atoms. The Kier molecular flexibility index (Phi) is 3.60.